The van der Waals surface area contributed by atoms with Crippen molar-refractivity contribution in [1.29, 1.82) is 0 Å². The van der Waals surface area contributed by atoms with Crippen molar-refractivity contribution in [3.05, 3.63) is 28.7 Å². The summed E-state index contributed by atoms with van der Waals surface area (Å²) in [5, 5.41) is 0. The molecule has 0 aliphatic heterocycles. The molecule has 2 amide bonds. The lowest BCUT2D eigenvalue weighted by atomic mass is 10.2. The van der Waals surface area contributed by atoms with Gasteiger partial charge in [0.1, 0.15) is 17.0 Å². The number of imide groups is 1. The number of ether oxygens (including phenoxy) is 2. The molecule has 0 atom stereocenters. The molecular weight excluding hydrogens is 322 g/mol. The lowest BCUT2D eigenvalue weighted by Crippen LogP contribution is -2.44. The van der Waals surface area contributed by atoms with E-state index in [4.69, 9.17) is 16.0 Å². The van der Waals surface area contributed by atoms with Gasteiger partial charge in [0.2, 0.25) is 5.69 Å². The molecule has 0 spiro atoms. The number of pyridine rings is 1. The summed E-state index contributed by atoms with van der Waals surface area (Å²) in [7, 11) is 0. The minimum absolute atomic E-state index is 0.0610. The van der Waals surface area contributed by atoms with E-state index in [9.17, 15) is 9.59 Å². The fourth-order valence-corrected chi connectivity index (χ4v) is 1.96. The highest BCUT2D eigenvalue weighted by Gasteiger charge is 2.34. The second-order valence-electron chi connectivity index (χ2n) is 7.64. The van der Waals surface area contributed by atoms with Crippen LogP contribution in [0, 0.1) is 20.4 Å². The van der Waals surface area contributed by atoms with Crippen LogP contribution in [0.1, 0.15) is 52.8 Å². The van der Waals surface area contributed by atoms with E-state index < -0.39 is 23.4 Å². The molecular formula is C18H25N3O4. The molecule has 7 heteroatoms. The maximum Gasteiger partial charge on any atom is 0.425 e. The molecule has 0 aliphatic rings. The molecule has 136 valence electrons. The van der Waals surface area contributed by atoms with Crippen LogP contribution in [-0.4, -0.2) is 28.4 Å². The first-order valence-corrected chi connectivity index (χ1v) is 7.87. The first kappa shape index (κ1) is 20.4. The summed E-state index contributed by atoms with van der Waals surface area (Å²) in [6, 6.07) is 1.49. The number of hydrogen-bond acceptors (Lipinski definition) is 5. The van der Waals surface area contributed by atoms with Crippen LogP contribution in [0.2, 0.25) is 0 Å². The van der Waals surface area contributed by atoms with E-state index >= 15 is 0 Å². The molecule has 0 unspecified atom stereocenters. The zero-order chi connectivity index (χ0) is 19.6. The van der Waals surface area contributed by atoms with Gasteiger partial charge in [0.25, 0.3) is 0 Å². The predicted molar refractivity (Wildman–Crippen MR) is 94.9 cm³/mol. The lowest BCUT2D eigenvalue weighted by molar-refractivity contribution is 0.0429. The van der Waals surface area contributed by atoms with Gasteiger partial charge in [-0.25, -0.2) is 19.4 Å². The highest BCUT2D eigenvalue weighted by atomic mass is 16.6. The summed E-state index contributed by atoms with van der Waals surface area (Å²) >= 11 is 0. The van der Waals surface area contributed by atoms with Gasteiger partial charge < -0.3 is 9.47 Å². The van der Waals surface area contributed by atoms with Crippen molar-refractivity contribution in [2.45, 2.75) is 66.6 Å². The van der Waals surface area contributed by atoms with Crippen LogP contribution in [-0.2, 0) is 9.47 Å². The maximum absolute atomic E-state index is 12.6. The molecule has 0 fully saturated rings. The highest BCUT2D eigenvalue weighted by molar-refractivity contribution is 6.09. The Balaban J connectivity index is 3.39. The smallest absolute Gasteiger partial charge is 0.425 e. The SMILES string of the molecule is [C-]#[N+]c1c(C)cc(N(C(=O)OC(C)(C)C)C(=O)OC(C)(C)C)nc1C. The van der Waals surface area contributed by atoms with Crippen molar-refractivity contribution in [1.82, 2.24) is 4.98 Å². The number of aryl methyl sites for hydroxylation is 2. The van der Waals surface area contributed by atoms with Crippen LogP contribution >= 0.6 is 0 Å². The number of rotatable bonds is 1. The van der Waals surface area contributed by atoms with Crippen molar-refractivity contribution in [2.24, 2.45) is 0 Å². The van der Waals surface area contributed by atoms with Crippen LogP contribution in [0.15, 0.2) is 6.07 Å². The van der Waals surface area contributed by atoms with E-state index in [0.717, 1.165) is 4.90 Å². The molecule has 0 aromatic carbocycles. The van der Waals surface area contributed by atoms with Gasteiger partial charge in [-0.3, -0.25) is 0 Å². The number of nitrogens with zero attached hydrogens (tertiary/aromatic N) is 3. The van der Waals surface area contributed by atoms with Gasteiger partial charge in [0.05, 0.1) is 6.57 Å². The van der Waals surface area contributed by atoms with Crippen molar-refractivity contribution in [3.63, 3.8) is 0 Å². The Bertz CT molecular complexity index is 670. The van der Waals surface area contributed by atoms with Crippen LogP contribution in [0.5, 0.6) is 0 Å². The maximum atomic E-state index is 12.6. The van der Waals surface area contributed by atoms with Crippen molar-refractivity contribution in [2.75, 3.05) is 4.90 Å². The Morgan fingerprint density at radius 2 is 1.48 bits per heavy atom. The van der Waals surface area contributed by atoms with Gasteiger partial charge in [0, 0.05) is 5.69 Å². The first-order valence-electron chi connectivity index (χ1n) is 7.87. The molecule has 1 aromatic rings. The Kier molecular flexibility index (Phi) is 5.80. The van der Waals surface area contributed by atoms with E-state index in [1.165, 1.54) is 6.07 Å². The standard InChI is InChI=1S/C18H25N3O4/c1-11-10-13(20-12(2)14(11)19-9)21(15(22)24-17(3,4)5)16(23)25-18(6,7)8/h10H,1-8H3. The normalized spacial score (nSPS) is 11.5. The fourth-order valence-electron chi connectivity index (χ4n) is 1.96. The predicted octanol–water partition coefficient (Wildman–Crippen LogP) is 4.93. The van der Waals surface area contributed by atoms with Gasteiger partial charge in [-0.15, -0.1) is 0 Å². The average Bonchev–Trinajstić information content (AvgIpc) is 2.33. The molecule has 1 heterocycles. The number of amides is 2. The molecule has 1 rings (SSSR count). The molecule has 7 nitrogen and oxygen atoms in total. The Morgan fingerprint density at radius 3 is 1.80 bits per heavy atom. The topological polar surface area (TPSA) is 73.1 Å². The van der Waals surface area contributed by atoms with Crippen molar-refractivity contribution >= 4 is 23.7 Å². The number of aromatic nitrogens is 1. The van der Waals surface area contributed by atoms with Gasteiger partial charge in [-0.1, -0.05) is 0 Å². The second kappa shape index (κ2) is 7.09. The van der Waals surface area contributed by atoms with E-state index in [-0.39, 0.29) is 5.82 Å². The second-order valence-corrected chi connectivity index (χ2v) is 7.64. The zero-order valence-electron chi connectivity index (χ0n) is 16.1. The molecule has 1 aromatic heterocycles. The third-order valence-corrected chi connectivity index (χ3v) is 2.84. The van der Waals surface area contributed by atoms with Gasteiger partial charge in [0.15, 0.2) is 0 Å². The molecule has 0 bridgehead atoms. The lowest BCUT2D eigenvalue weighted by Gasteiger charge is -2.28. The quantitative estimate of drug-likeness (QED) is 0.674. The van der Waals surface area contributed by atoms with E-state index in [0.29, 0.717) is 16.9 Å². The largest absolute Gasteiger partial charge is 0.443 e. The molecule has 0 saturated heterocycles. The van der Waals surface area contributed by atoms with Crippen molar-refractivity contribution in [3.8, 4) is 0 Å². The highest BCUT2D eigenvalue weighted by Crippen LogP contribution is 2.28. The van der Waals surface area contributed by atoms with Crippen LogP contribution in [0.3, 0.4) is 0 Å². The zero-order valence-corrected chi connectivity index (χ0v) is 16.1. The fraction of sp³-hybridized carbons (Fsp3) is 0.556. The average molecular weight is 347 g/mol. The molecule has 0 N–H and O–H groups in total. The summed E-state index contributed by atoms with van der Waals surface area (Å²) in [4.78, 5) is 33.5. The minimum atomic E-state index is -0.886. The van der Waals surface area contributed by atoms with E-state index in [2.05, 4.69) is 9.83 Å². The Hall–Kier alpha value is -2.62. The van der Waals surface area contributed by atoms with E-state index in [1.54, 1.807) is 55.4 Å². The first-order chi connectivity index (χ1) is 11.2. The summed E-state index contributed by atoms with van der Waals surface area (Å²) in [6.07, 6.45) is -1.77. The summed E-state index contributed by atoms with van der Waals surface area (Å²) in [6.45, 7) is 20.7. The van der Waals surface area contributed by atoms with Gasteiger partial charge in [-0.2, -0.15) is 4.90 Å². The third kappa shape index (κ3) is 5.75. The Morgan fingerprint density at radius 1 is 1.04 bits per heavy atom. The molecule has 25 heavy (non-hydrogen) atoms. The number of hydrogen-bond donors (Lipinski definition) is 0. The summed E-state index contributed by atoms with van der Waals surface area (Å²) in [5.74, 6) is 0.0610. The van der Waals surface area contributed by atoms with Crippen LogP contribution in [0.25, 0.3) is 4.85 Å². The summed E-state index contributed by atoms with van der Waals surface area (Å²) < 4.78 is 10.6. The van der Waals surface area contributed by atoms with E-state index in [1.807, 2.05) is 0 Å². The third-order valence-electron chi connectivity index (χ3n) is 2.84. The van der Waals surface area contributed by atoms with Crippen LogP contribution < -0.4 is 4.90 Å². The molecule has 0 radical (unpaired) electrons. The van der Waals surface area contributed by atoms with Crippen molar-refractivity contribution < 1.29 is 19.1 Å². The monoisotopic (exact) mass is 347 g/mol. The number of carbonyl (C=O) groups is 2. The van der Waals surface area contributed by atoms with Crippen LogP contribution in [0.4, 0.5) is 21.1 Å². The summed E-state index contributed by atoms with van der Waals surface area (Å²) in [5.41, 5.74) is -0.177. The number of carbonyl (C=O) groups excluding carboxylic acids is 2. The minimum Gasteiger partial charge on any atom is -0.443 e. The molecule has 0 aliphatic carbocycles. The van der Waals surface area contributed by atoms with Gasteiger partial charge in [-0.05, 0) is 67.0 Å². The molecule has 0 saturated carbocycles. The Labute approximate surface area is 148 Å². The number of anilines is 1. The van der Waals surface area contributed by atoms with Gasteiger partial charge >= 0.3 is 12.2 Å².